The van der Waals surface area contributed by atoms with Crippen LogP contribution in [-0.4, -0.2) is 300 Å². The first-order valence-corrected chi connectivity index (χ1v) is 40.1. The third kappa shape index (κ3) is 31.7. The Morgan fingerprint density at radius 1 is 0.364 bits per heavy atom. The Morgan fingerprint density at radius 2 is 0.701 bits per heavy atom. The first-order valence-electron chi connectivity index (χ1n) is 40.1. The number of hydrogen-bond acceptors (Lipinski definition) is 28. The Hall–Kier alpha value is -3.11. The molecule has 3 amide bonds. The van der Waals surface area contributed by atoms with Gasteiger partial charge in [-0.2, -0.15) is 0 Å². The highest BCUT2D eigenvalue weighted by Gasteiger charge is 2.57. The van der Waals surface area contributed by atoms with Crippen LogP contribution < -0.4 is 16.0 Å². The molecule has 107 heavy (non-hydrogen) atoms. The second-order valence-corrected chi connectivity index (χ2v) is 29.6. The lowest BCUT2D eigenvalue weighted by atomic mass is 9.94. The summed E-state index contributed by atoms with van der Waals surface area (Å²) in [5.41, 5.74) is 0. The van der Waals surface area contributed by atoms with Crippen LogP contribution >= 0.6 is 0 Å². The maximum atomic E-state index is 13.5. The van der Waals surface area contributed by atoms with Crippen molar-refractivity contribution in [2.75, 3.05) is 39.6 Å². The van der Waals surface area contributed by atoms with E-state index in [2.05, 4.69) is 41.9 Å². The molecular formula is C76H137N3O28. The molecule has 0 aromatic carbocycles. The Balaban J connectivity index is 1.18. The molecule has 0 saturated carbocycles. The maximum Gasteiger partial charge on any atom is 0.220 e. The van der Waals surface area contributed by atoms with Crippen molar-refractivity contribution < 1.29 is 138 Å². The average Bonchev–Trinajstić information content (AvgIpc) is 0.775. The summed E-state index contributed by atoms with van der Waals surface area (Å²) in [7, 11) is 0. The van der Waals surface area contributed by atoms with Crippen LogP contribution in [0, 0.1) is 0 Å². The highest BCUT2D eigenvalue weighted by Crippen LogP contribution is 2.37. The molecule has 31 heteroatoms. The van der Waals surface area contributed by atoms with Gasteiger partial charge in [0.25, 0.3) is 0 Å². The van der Waals surface area contributed by atoms with Crippen LogP contribution in [0.1, 0.15) is 233 Å². The van der Waals surface area contributed by atoms with E-state index in [1.54, 1.807) is 6.08 Å². The van der Waals surface area contributed by atoms with E-state index in [4.69, 9.17) is 47.4 Å². The predicted octanol–water partition coefficient (Wildman–Crippen LogP) is 1.87. The van der Waals surface area contributed by atoms with Crippen molar-refractivity contribution in [2.45, 2.75) is 399 Å². The van der Waals surface area contributed by atoms with Crippen LogP contribution in [0.25, 0.3) is 0 Å². The van der Waals surface area contributed by atoms with E-state index in [1.807, 2.05) is 6.08 Å². The molecule has 5 rings (SSSR count). The van der Waals surface area contributed by atoms with Crippen LogP contribution in [-0.2, 0) is 61.8 Å². The molecule has 0 aromatic rings. The lowest BCUT2D eigenvalue weighted by Crippen LogP contribution is -2.70. The van der Waals surface area contributed by atoms with E-state index >= 15 is 0 Å². The van der Waals surface area contributed by atoms with Gasteiger partial charge in [-0.25, -0.2) is 0 Å². The predicted molar refractivity (Wildman–Crippen MR) is 389 cm³/mol. The van der Waals surface area contributed by atoms with E-state index in [0.29, 0.717) is 12.8 Å². The molecule has 0 spiro atoms. The van der Waals surface area contributed by atoms with Gasteiger partial charge in [0.05, 0.1) is 51.8 Å². The zero-order valence-corrected chi connectivity index (χ0v) is 63.8. The van der Waals surface area contributed by atoms with Crippen LogP contribution in [0.2, 0.25) is 0 Å². The van der Waals surface area contributed by atoms with Gasteiger partial charge < -0.3 is 140 Å². The molecule has 0 radical (unpaired) electrons. The number of allylic oxidation sites excluding steroid dienone is 3. The van der Waals surface area contributed by atoms with Gasteiger partial charge in [-0.15, -0.1) is 0 Å². The number of amides is 3. The molecule has 0 bridgehead atoms. The number of aliphatic hydroxyl groups is 15. The molecule has 5 heterocycles. The molecular weight excluding hydrogens is 1400 g/mol. The summed E-state index contributed by atoms with van der Waals surface area (Å²) in [4.78, 5) is 38.5. The Labute approximate surface area is 632 Å². The highest BCUT2D eigenvalue weighted by molar-refractivity contribution is 5.76. The number of carbonyl (C=O) groups is 3. The summed E-state index contributed by atoms with van der Waals surface area (Å²) in [6.07, 6.45) is 0.170. The minimum atomic E-state index is -2.16. The van der Waals surface area contributed by atoms with Crippen molar-refractivity contribution in [3.05, 3.63) is 24.3 Å². The van der Waals surface area contributed by atoms with Crippen molar-refractivity contribution in [2.24, 2.45) is 0 Å². The van der Waals surface area contributed by atoms with Crippen molar-refractivity contribution in [3.8, 4) is 0 Å². The monoisotopic (exact) mass is 1540 g/mol. The van der Waals surface area contributed by atoms with Gasteiger partial charge in [-0.1, -0.05) is 192 Å². The summed E-state index contributed by atoms with van der Waals surface area (Å²) in [5, 5.41) is 175. The summed E-state index contributed by atoms with van der Waals surface area (Å²) in [5.74, 6) is -1.89. The molecule has 5 saturated heterocycles. The molecule has 31 nitrogen and oxygen atoms in total. The highest BCUT2D eigenvalue weighted by atomic mass is 16.8. The van der Waals surface area contributed by atoms with Crippen LogP contribution in [0.3, 0.4) is 0 Å². The first kappa shape index (κ1) is 94.5. The van der Waals surface area contributed by atoms with E-state index in [-0.39, 0.29) is 12.3 Å². The number of nitrogens with one attached hydrogen (secondary N) is 3. The van der Waals surface area contributed by atoms with E-state index in [9.17, 15) is 91.0 Å². The minimum Gasteiger partial charge on any atom is -0.394 e. The smallest absolute Gasteiger partial charge is 0.220 e. The van der Waals surface area contributed by atoms with Gasteiger partial charge in [0, 0.05) is 20.3 Å². The van der Waals surface area contributed by atoms with Crippen molar-refractivity contribution in [3.63, 3.8) is 0 Å². The van der Waals surface area contributed by atoms with Gasteiger partial charge in [0.1, 0.15) is 122 Å². The van der Waals surface area contributed by atoms with E-state index < -0.39 is 217 Å². The molecule has 0 aromatic heterocycles. The van der Waals surface area contributed by atoms with Crippen molar-refractivity contribution >= 4 is 17.7 Å². The lowest BCUT2D eigenvalue weighted by Gasteiger charge is -2.50. The lowest BCUT2D eigenvalue weighted by molar-refractivity contribution is -0.385. The van der Waals surface area contributed by atoms with Crippen molar-refractivity contribution in [1.29, 1.82) is 0 Å². The van der Waals surface area contributed by atoms with E-state index in [1.165, 1.54) is 128 Å². The first-order chi connectivity index (χ1) is 51.6. The Kier molecular flexibility index (Phi) is 46.8. The summed E-state index contributed by atoms with van der Waals surface area (Å²) >= 11 is 0. The van der Waals surface area contributed by atoms with Gasteiger partial charge in [-0.05, 0) is 44.9 Å². The fourth-order valence-electron chi connectivity index (χ4n) is 14.4. The molecule has 18 N–H and O–H groups in total. The van der Waals surface area contributed by atoms with Gasteiger partial charge >= 0.3 is 0 Å². The van der Waals surface area contributed by atoms with Gasteiger partial charge in [0.2, 0.25) is 17.7 Å². The zero-order valence-electron chi connectivity index (χ0n) is 63.8. The second kappa shape index (κ2) is 53.1. The van der Waals surface area contributed by atoms with Gasteiger partial charge in [0.15, 0.2) is 31.5 Å². The number of hydrogen-bond donors (Lipinski definition) is 18. The molecule has 0 aliphatic carbocycles. The zero-order chi connectivity index (χ0) is 78.2. The topological polar surface area (TPSA) is 483 Å². The normalized spacial score (nSPS) is 34.1. The Bertz CT molecular complexity index is 2430. The average molecular weight is 1540 g/mol. The molecule has 5 aliphatic rings. The number of carbonyl (C=O) groups excluding carboxylic acids is 3. The van der Waals surface area contributed by atoms with Gasteiger partial charge in [-0.3, -0.25) is 14.4 Å². The fourth-order valence-corrected chi connectivity index (χ4v) is 14.4. The molecule has 27 atom stereocenters. The summed E-state index contributed by atoms with van der Waals surface area (Å²) in [6, 6.07) is -4.40. The van der Waals surface area contributed by atoms with Crippen molar-refractivity contribution in [1.82, 2.24) is 16.0 Å². The number of rotatable bonds is 54. The second-order valence-electron chi connectivity index (χ2n) is 29.6. The quantitative estimate of drug-likeness (QED) is 0.0305. The SMILES string of the molecule is CCCCCCCC/C=C\CCCCCCCCCCCCCC(=O)N[C@@H](CO[C@@H]1OC(CO)[C@@H](O[C@@H]2OC(CO)[C@H](O)[C@H](O[C@@H]3OC(CO)[C@@H](O[C@@H]4OC(CO)[C@H](O)[C@H](O[C@@H]5OC(CO)[C@@H](O)[C@H](O)C5NC(C)=O)C4O)[C@H](O)C3NC(C)=O)C2O)[C@H](O)C1O)[C@H](O)/C=C/CCCCCCCCCCCCC. The van der Waals surface area contributed by atoms with Crippen LogP contribution in [0.5, 0.6) is 0 Å². The number of ether oxygens (including phenoxy) is 10. The third-order valence-corrected chi connectivity index (χ3v) is 20.8. The number of aliphatic hydroxyl groups excluding tert-OH is 15. The largest absolute Gasteiger partial charge is 0.394 e. The molecule has 5 aliphatic heterocycles. The molecule has 5 fully saturated rings. The Morgan fingerprint density at radius 3 is 1.11 bits per heavy atom. The standard InChI is InChI=1S/C76H137N3O28/c1-5-7-9-11-13-15-17-19-20-21-22-23-24-25-26-28-30-32-34-36-38-40-56(88)79-49(50(87)39-37-35-33-31-29-27-18-16-14-12-10-8-6-2)46-98-74-65(95)64(94)69(55(45-84)103-74)105-76-67(97)71(61(91)53(43-82)101-76)107-73-58(78-48(4)86)63(93)68(54(44-83)102-73)104-75-66(96)70(60(90)52(42-81)100-75)106-72-57(77-47(3)85)62(92)59(89)51(41-80)99-72/h19-20,37,39,49-55,57-76,80-84,87,89-97H,5-18,21-36,38,40-46H2,1-4H3,(H,77,85)(H,78,86)(H,79,88)/b20-19-,39-37+/t49-,50+,51?,52?,53?,54?,55?,57?,58?,59+,60-,61-,62+,63+,64+,65?,66?,67?,68+,69+,70-,71-,72-,73-,74+,75-,76-/m0/s1. The fraction of sp³-hybridized carbons (Fsp3) is 0.908. The molecule has 10 unspecified atom stereocenters. The molecule has 624 valence electrons. The minimum absolute atomic E-state index is 0.186. The van der Waals surface area contributed by atoms with E-state index in [0.717, 1.165) is 71.6 Å². The summed E-state index contributed by atoms with van der Waals surface area (Å²) in [6.45, 7) is 1.39. The van der Waals surface area contributed by atoms with Crippen LogP contribution in [0.4, 0.5) is 0 Å². The summed E-state index contributed by atoms with van der Waals surface area (Å²) < 4.78 is 59.1. The maximum absolute atomic E-state index is 13.5. The third-order valence-electron chi connectivity index (χ3n) is 20.8. The number of unbranched alkanes of at least 4 members (excludes halogenated alkanes) is 28. The van der Waals surface area contributed by atoms with Crippen LogP contribution in [0.15, 0.2) is 24.3 Å².